The average Bonchev–Trinajstić information content (AvgIpc) is 2.43. The maximum atomic E-state index is 3.72. The van der Waals surface area contributed by atoms with Crippen molar-refractivity contribution in [1.82, 2.24) is 0 Å². The zero-order chi connectivity index (χ0) is 13.2. The maximum Gasteiger partial charge on any atom is 0.0348 e. The predicted octanol–water partition coefficient (Wildman–Crippen LogP) is 5.08. The molecule has 1 aliphatic carbocycles. The fraction of sp³-hybridized carbons (Fsp3) is 0.444. The van der Waals surface area contributed by atoms with Crippen LogP contribution in [0.2, 0.25) is 0 Å². The molecule has 3 atom stereocenters. The molecule has 3 rings (SSSR count). The SMILES string of the molecule is CC1CCC(Nc2ccc3ccccc3c2)CC1C. The van der Waals surface area contributed by atoms with Gasteiger partial charge in [-0.3, -0.25) is 0 Å². The van der Waals surface area contributed by atoms with Gasteiger partial charge in [0.05, 0.1) is 0 Å². The molecule has 3 unspecified atom stereocenters. The highest BCUT2D eigenvalue weighted by Crippen LogP contribution is 2.31. The molecule has 2 aromatic carbocycles. The first kappa shape index (κ1) is 12.5. The predicted molar refractivity (Wildman–Crippen MR) is 83.5 cm³/mol. The molecule has 1 saturated carbocycles. The van der Waals surface area contributed by atoms with Gasteiger partial charge in [0.25, 0.3) is 0 Å². The normalized spacial score (nSPS) is 27.4. The summed E-state index contributed by atoms with van der Waals surface area (Å²) in [5, 5.41) is 6.37. The van der Waals surface area contributed by atoms with E-state index in [4.69, 9.17) is 0 Å². The van der Waals surface area contributed by atoms with E-state index in [1.807, 2.05) is 0 Å². The number of fused-ring (bicyclic) bond motifs is 1. The van der Waals surface area contributed by atoms with Crippen molar-refractivity contribution in [2.24, 2.45) is 11.8 Å². The van der Waals surface area contributed by atoms with E-state index in [0.717, 1.165) is 11.8 Å². The highest BCUT2D eigenvalue weighted by Gasteiger charge is 2.24. The third kappa shape index (κ3) is 2.75. The van der Waals surface area contributed by atoms with Crippen LogP contribution in [0.25, 0.3) is 10.8 Å². The topological polar surface area (TPSA) is 12.0 Å². The molecule has 0 saturated heterocycles. The van der Waals surface area contributed by atoms with Crippen LogP contribution in [-0.4, -0.2) is 6.04 Å². The Morgan fingerprint density at radius 3 is 2.47 bits per heavy atom. The minimum Gasteiger partial charge on any atom is -0.382 e. The van der Waals surface area contributed by atoms with Gasteiger partial charge in [-0.15, -0.1) is 0 Å². The zero-order valence-corrected chi connectivity index (χ0v) is 11.9. The van der Waals surface area contributed by atoms with Crippen molar-refractivity contribution in [3.8, 4) is 0 Å². The Hall–Kier alpha value is -1.50. The summed E-state index contributed by atoms with van der Waals surface area (Å²) in [6.45, 7) is 4.77. The minimum atomic E-state index is 0.646. The largest absolute Gasteiger partial charge is 0.382 e. The molecule has 0 bridgehead atoms. The quantitative estimate of drug-likeness (QED) is 0.787. The van der Waals surface area contributed by atoms with Crippen molar-refractivity contribution in [3.05, 3.63) is 42.5 Å². The summed E-state index contributed by atoms with van der Waals surface area (Å²) >= 11 is 0. The van der Waals surface area contributed by atoms with E-state index >= 15 is 0 Å². The van der Waals surface area contributed by atoms with Gasteiger partial charge in [0.1, 0.15) is 0 Å². The van der Waals surface area contributed by atoms with Crippen LogP contribution in [-0.2, 0) is 0 Å². The van der Waals surface area contributed by atoms with E-state index in [0.29, 0.717) is 6.04 Å². The first-order valence-electron chi connectivity index (χ1n) is 7.48. The van der Waals surface area contributed by atoms with Crippen LogP contribution in [0.1, 0.15) is 33.1 Å². The first-order chi connectivity index (χ1) is 9.22. The van der Waals surface area contributed by atoms with Crippen LogP contribution in [0, 0.1) is 11.8 Å². The Kier molecular flexibility index (Phi) is 3.46. The zero-order valence-electron chi connectivity index (χ0n) is 11.9. The fourth-order valence-electron chi connectivity index (χ4n) is 3.19. The van der Waals surface area contributed by atoms with Crippen molar-refractivity contribution in [3.63, 3.8) is 0 Å². The van der Waals surface area contributed by atoms with E-state index in [1.165, 1.54) is 35.7 Å². The van der Waals surface area contributed by atoms with Crippen molar-refractivity contribution < 1.29 is 0 Å². The van der Waals surface area contributed by atoms with E-state index in [-0.39, 0.29) is 0 Å². The Morgan fingerprint density at radius 1 is 0.895 bits per heavy atom. The van der Waals surface area contributed by atoms with Crippen molar-refractivity contribution in [2.45, 2.75) is 39.2 Å². The van der Waals surface area contributed by atoms with Gasteiger partial charge in [0.15, 0.2) is 0 Å². The van der Waals surface area contributed by atoms with E-state index in [2.05, 4.69) is 61.6 Å². The fourth-order valence-corrected chi connectivity index (χ4v) is 3.19. The molecule has 1 N–H and O–H groups in total. The summed E-state index contributed by atoms with van der Waals surface area (Å²) in [6.07, 6.45) is 3.96. The van der Waals surface area contributed by atoms with Gasteiger partial charge in [-0.1, -0.05) is 44.2 Å². The van der Waals surface area contributed by atoms with Gasteiger partial charge in [-0.05, 0) is 54.0 Å². The Bertz CT molecular complexity index is 560. The summed E-state index contributed by atoms with van der Waals surface area (Å²) in [5.74, 6) is 1.72. The Morgan fingerprint density at radius 2 is 1.68 bits per heavy atom. The second-order valence-corrected chi connectivity index (χ2v) is 6.17. The molecular weight excluding hydrogens is 230 g/mol. The summed E-state index contributed by atoms with van der Waals surface area (Å²) in [4.78, 5) is 0. The van der Waals surface area contributed by atoms with Gasteiger partial charge in [-0.25, -0.2) is 0 Å². The van der Waals surface area contributed by atoms with Crippen molar-refractivity contribution in [2.75, 3.05) is 5.32 Å². The average molecular weight is 253 g/mol. The molecule has 0 spiro atoms. The van der Waals surface area contributed by atoms with Gasteiger partial charge < -0.3 is 5.32 Å². The van der Waals surface area contributed by atoms with Crippen LogP contribution >= 0.6 is 0 Å². The van der Waals surface area contributed by atoms with Crippen LogP contribution in [0.5, 0.6) is 0 Å². The van der Waals surface area contributed by atoms with Crippen molar-refractivity contribution in [1.29, 1.82) is 0 Å². The smallest absolute Gasteiger partial charge is 0.0348 e. The number of nitrogens with one attached hydrogen (secondary N) is 1. The molecule has 1 heteroatoms. The highest BCUT2D eigenvalue weighted by atomic mass is 14.9. The second kappa shape index (κ2) is 5.24. The lowest BCUT2D eigenvalue weighted by Crippen LogP contribution is -2.30. The van der Waals surface area contributed by atoms with E-state index in [9.17, 15) is 0 Å². The molecule has 1 nitrogen and oxygen atoms in total. The minimum absolute atomic E-state index is 0.646. The standard InChI is InChI=1S/C18H23N/c1-13-7-9-17(11-14(13)2)19-18-10-8-15-5-3-4-6-16(15)12-18/h3-6,8,10,12-14,17,19H,7,9,11H2,1-2H3. The van der Waals surface area contributed by atoms with Crippen LogP contribution in [0.15, 0.2) is 42.5 Å². The number of benzene rings is 2. The number of anilines is 1. The highest BCUT2D eigenvalue weighted by molar-refractivity contribution is 5.85. The third-order valence-electron chi connectivity index (χ3n) is 4.72. The number of hydrogen-bond donors (Lipinski definition) is 1. The molecule has 0 aromatic heterocycles. The molecule has 19 heavy (non-hydrogen) atoms. The Balaban J connectivity index is 1.74. The molecular formula is C18H23N. The second-order valence-electron chi connectivity index (χ2n) is 6.17. The molecule has 1 aliphatic rings. The number of rotatable bonds is 2. The van der Waals surface area contributed by atoms with Crippen LogP contribution in [0.3, 0.4) is 0 Å². The van der Waals surface area contributed by atoms with Gasteiger partial charge in [0, 0.05) is 11.7 Å². The monoisotopic (exact) mass is 253 g/mol. The molecule has 0 heterocycles. The lowest BCUT2D eigenvalue weighted by Gasteiger charge is -2.33. The first-order valence-corrected chi connectivity index (χ1v) is 7.48. The lowest BCUT2D eigenvalue weighted by atomic mass is 9.79. The van der Waals surface area contributed by atoms with E-state index in [1.54, 1.807) is 0 Å². The summed E-state index contributed by atoms with van der Waals surface area (Å²) in [6, 6.07) is 15.9. The molecule has 1 fully saturated rings. The van der Waals surface area contributed by atoms with Crippen molar-refractivity contribution >= 4 is 16.5 Å². The van der Waals surface area contributed by atoms with E-state index < -0.39 is 0 Å². The van der Waals surface area contributed by atoms with Gasteiger partial charge in [-0.2, -0.15) is 0 Å². The van der Waals surface area contributed by atoms with Crippen LogP contribution < -0.4 is 5.32 Å². The lowest BCUT2D eigenvalue weighted by molar-refractivity contribution is 0.261. The summed E-state index contributed by atoms with van der Waals surface area (Å²) in [7, 11) is 0. The van der Waals surface area contributed by atoms with Gasteiger partial charge in [0.2, 0.25) is 0 Å². The van der Waals surface area contributed by atoms with Crippen LogP contribution in [0.4, 0.5) is 5.69 Å². The van der Waals surface area contributed by atoms with Gasteiger partial charge >= 0.3 is 0 Å². The Labute approximate surface area is 116 Å². The summed E-state index contributed by atoms with van der Waals surface area (Å²) in [5.41, 5.74) is 1.27. The number of hydrogen-bond acceptors (Lipinski definition) is 1. The molecule has 0 amide bonds. The third-order valence-corrected chi connectivity index (χ3v) is 4.72. The maximum absolute atomic E-state index is 3.72. The summed E-state index contributed by atoms with van der Waals surface area (Å²) < 4.78 is 0. The molecule has 0 radical (unpaired) electrons. The molecule has 2 aromatic rings. The molecule has 0 aliphatic heterocycles. The molecule has 100 valence electrons.